The third kappa shape index (κ3) is 2.81. The maximum atomic E-state index is 5.54. The molecule has 0 unspecified atom stereocenters. The molecule has 12 heavy (non-hydrogen) atoms. The first-order valence-electron chi connectivity index (χ1n) is 3.83. The molecule has 0 spiro atoms. The zero-order chi connectivity index (χ0) is 8.10. The van der Waals surface area contributed by atoms with Crippen LogP contribution in [0.3, 0.4) is 0 Å². The van der Waals surface area contributed by atoms with E-state index in [1.165, 1.54) is 5.56 Å². The van der Waals surface area contributed by atoms with Crippen LogP contribution in [0.2, 0.25) is 0 Å². The minimum Gasteiger partial charge on any atom is -0.330 e. The third-order valence-electron chi connectivity index (χ3n) is 1.84. The molecule has 0 saturated heterocycles. The predicted molar refractivity (Wildman–Crippen MR) is 54.5 cm³/mol. The van der Waals surface area contributed by atoms with E-state index in [1.807, 2.05) is 18.2 Å². The van der Waals surface area contributed by atoms with Crippen LogP contribution >= 0.6 is 12.4 Å². The Bertz CT molecular complexity index is 197. The Labute approximate surface area is 79.4 Å². The normalized spacial score (nSPS) is 9.58. The van der Waals surface area contributed by atoms with E-state index < -0.39 is 0 Å². The molecule has 0 radical (unpaired) electrons. The number of nitrogens with two attached hydrogens (primary N) is 2. The lowest BCUT2D eigenvalue weighted by Gasteiger charge is -2.11. The lowest BCUT2D eigenvalue weighted by atomic mass is 10.00. The topological polar surface area (TPSA) is 52.0 Å². The molecule has 0 heterocycles. The van der Waals surface area contributed by atoms with Crippen LogP contribution in [0.5, 0.6) is 0 Å². The van der Waals surface area contributed by atoms with Crippen molar-refractivity contribution in [3.63, 3.8) is 0 Å². The van der Waals surface area contributed by atoms with Crippen molar-refractivity contribution in [1.82, 2.24) is 0 Å². The summed E-state index contributed by atoms with van der Waals surface area (Å²) in [5, 5.41) is 0. The Hall–Kier alpha value is -0.570. The Morgan fingerprint density at radius 1 is 1.00 bits per heavy atom. The molecule has 0 aliphatic rings. The molecule has 1 aromatic carbocycles. The summed E-state index contributed by atoms with van der Waals surface area (Å²) in [4.78, 5) is 0. The molecule has 4 N–H and O–H groups in total. The molecule has 0 saturated carbocycles. The summed E-state index contributed by atoms with van der Waals surface area (Å²) < 4.78 is 0. The van der Waals surface area contributed by atoms with Crippen LogP contribution in [0.1, 0.15) is 11.5 Å². The van der Waals surface area contributed by atoms with E-state index in [1.54, 1.807) is 0 Å². The van der Waals surface area contributed by atoms with Gasteiger partial charge in [-0.05, 0) is 5.56 Å². The van der Waals surface area contributed by atoms with Gasteiger partial charge in [0.25, 0.3) is 0 Å². The van der Waals surface area contributed by atoms with Crippen molar-refractivity contribution < 1.29 is 0 Å². The second-order valence-electron chi connectivity index (χ2n) is 2.58. The molecule has 1 aromatic rings. The molecule has 1 rings (SSSR count). The lowest BCUT2D eigenvalue weighted by Crippen LogP contribution is -2.20. The summed E-state index contributed by atoms with van der Waals surface area (Å²) in [7, 11) is 0. The van der Waals surface area contributed by atoms with Crippen molar-refractivity contribution in [2.75, 3.05) is 13.1 Å². The van der Waals surface area contributed by atoms with Crippen molar-refractivity contribution in [3.8, 4) is 0 Å². The van der Waals surface area contributed by atoms with Gasteiger partial charge in [-0.2, -0.15) is 0 Å². The van der Waals surface area contributed by atoms with Gasteiger partial charge in [-0.25, -0.2) is 0 Å². The van der Waals surface area contributed by atoms with Crippen molar-refractivity contribution in [2.45, 2.75) is 5.92 Å². The Balaban J connectivity index is 0.00000121. The van der Waals surface area contributed by atoms with Gasteiger partial charge in [0.2, 0.25) is 0 Å². The predicted octanol–water partition coefficient (Wildman–Crippen LogP) is 1.11. The van der Waals surface area contributed by atoms with Crippen molar-refractivity contribution in [2.24, 2.45) is 11.5 Å². The molecule has 0 fully saturated rings. The van der Waals surface area contributed by atoms with E-state index >= 15 is 0 Å². The smallest absolute Gasteiger partial charge is 0.00841 e. The van der Waals surface area contributed by atoms with Crippen LogP contribution in [0.15, 0.2) is 30.3 Å². The van der Waals surface area contributed by atoms with Gasteiger partial charge in [-0.3, -0.25) is 0 Å². The summed E-state index contributed by atoms with van der Waals surface area (Å²) in [6.45, 7) is 1.25. The highest BCUT2D eigenvalue weighted by atomic mass is 35.5. The van der Waals surface area contributed by atoms with Crippen LogP contribution in [0.25, 0.3) is 0 Å². The van der Waals surface area contributed by atoms with Crippen LogP contribution < -0.4 is 11.5 Å². The summed E-state index contributed by atoms with van der Waals surface area (Å²) in [6.07, 6.45) is 0. The number of hydrogen-bond donors (Lipinski definition) is 2. The quantitative estimate of drug-likeness (QED) is 0.743. The number of hydrogen-bond acceptors (Lipinski definition) is 2. The molecule has 0 aliphatic carbocycles. The molecular formula is C9H15ClN2. The largest absolute Gasteiger partial charge is 0.330 e. The van der Waals surface area contributed by atoms with E-state index in [-0.39, 0.29) is 12.4 Å². The molecule has 0 aliphatic heterocycles. The molecular weight excluding hydrogens is 172 g/mol. The van der Waals surface area contributed by atoms with Crippen LogP contribution in [-0.4, -0.2) is 13.1 Å². The van der Waals surface area contributed by atoms with Crippen LogP contribution in [-0.2, 0) is 0 Å². The van der Waals surface area contributed by atoms with Crippen LogP contribution in [0.4, 0.5) is 0 Å². The molecule has 2 nitrogen and oxygen atoms in total. The van der Waals surface area contributed by atoms with E-state index in [0.717, 1.165) is 0 Å². The highest BCUT2D eigenvalue weighted by Crippen LogP contribution is 2.11. The van der Waals surface area contributed by atoms with Gasteiger partial charge in [-0.15, -0.1) is 12.4 Å². The fourth-order valence-electron chi connectivity index (χ4n) is 1.09. The van der Waals surface area contributed by atoms with E-state index in [2.05, 4.69) is 12.1 Å². The average Bonchev–Trinajstić information content (AvgIpc) is 2.09. The first-order valence-corrected chi connectivity index (χ1v) is 3.83. The molecule has 0 amide bonds. The SMILES string of the molecule is Cl.NCC(CN)c1ccccc1. The van der Waals surface area contributed by atoms with Gasteiger partial charge in [0.05, 0.1) is 0 Å². The maximum absolute atomic E-state index is 5.54. The molecule has 0 atom stereocenters. The fourth-order valence-corrected chi connectivity index (χ4v) is 1.09. The molecule has 0 aromatic heterocycles. The number of benzene rings is 1. The highest BCUT2D eigenvalue weighted by Gasteiger charge is 2.04. The van der Waals surface area contributed by atoms with E-state index in [4.69, 9.17) is 11.5 Å². The van der Waals surface area contributed by atoms with Crippen molar-refractivity contribution in [1.29, 1.82) is 0 Å². The summed E-state index contributed by atoms with van der Waals surface area (Å²) in [6, 6.07) is 10.1. The second-order valence-corrected chi connectivity index (χ2v) is 2.58. The molecule has 68 valence electrons. The minimum absolute atomic E-state index is 0. The standard InChI is InChI=1S/C9H14N2.ClH/c10-6-9(7-11)8-4-2-1-3-5-8;/h1-5,9H,6-7,10-11H2;1H. The minimum atomic E-state index is 0. The second kappa shape index (κ2) is 6.00. The number of halogens is 1. The average molecular weight is 187 g/mol. The zero-order valence-electron chi connectivity index (χ0n) is 6.94. The van der Waals surface area contributed by atoms with E-state index in [9.17, 15) is 0 Å². The maximum Gasteiger partial charge on any atom is 0.00841 e. The Morgan fingerprint density at radius 2 is 1.50 bits per heavy atom. The highest BCUT2D eigenvalue weighted by molar-refractivity contribution is 5.85. The van der Waals surface area contributed by atoms with Gasteiger partial charge in [0.1, 0.15) is 0 Å². The first-order chi connectivity index (χ1) is 5.38. The fraction of sp³-hybridized carbons (Fsp3) is 0.333. The number of rotatable bonds is 3. The summed E-state index contributed by atoms with van der Waals surface area (Å²) in [5.41, 5.74) is 12.3. The molecule has 3 heteroatoms. The van der Waals surface area contributed by atoms with Crippen LogP contribution in [0, 0.1) is 0 Å². The summed E-state index contributed by atoms with van der Waals surface area (Å²) in [5.74, 6) is 0.316. The van der Waals surface area contributed by atoms with Crippen molar-refractivity contribution in [3.05, 3.63) is 35.9 Å². The van der Waals surface area contributed by atoms with E-state index in [0.29, 0.717) is 19.0 Å². The van der Waals surface area contributed by atoms with Gasteiger partial charge in [0.15, 0.2) is 0 Å². The Morgan fingerprint density at radius 3 is 1.92 bits per heavy atom. The molecule has 0 bridgehead atoms. The summed E-state index contributed by atoms with van der Waals surface area (Å²) >= 11 is 0. The third-order valence-corrected chi connectivity index (χ3v) is 1.84. The monoisotopic (exact) mass is 186 g/mol. The Kier molecular flexibility index (Phi) is 5.72. The van der Waals surface area contributed by atoms with Gasteiger partial charge in [-0.1, -0.05) is 30.3 Å². The van der Waals surface area contributed by atoms with Gasteiger partial charge < -0.3 is 11.5 Å². The zero-order valence-corrected chi connectivity index (χ0v) is 7.76. The van der Waals surface area contributed by atoms with Gasteiger partial charge in [0, 0.05) is 19.0 Å². The van der Waals surface area contributed by atoms with Gasteiger partial charge >= 0.3 is 0 Å². The van der Waals surface area contributed by atoms with Crippen molar-refractivity contribution >= 4 is 12.4 Å². The first kappa shape index (κ1) is 11.4. The lowest BCUT2D eigenvalue weighted by molar-refractivity contribution is 0.708.